The lowest BCUT2D eigenvalue weighted by Gasteiger charge is -2.18. The van der Waals surface area contributed by atoms with E-state index in [1.807, 2.05) is 12.1 Å². The first kappa shape index (κ1) is 15.5. The van der Waals surface area contributed by atoms with Crippen LogP contribution in [0.1, 0.15) is 24.8 Å². The van der Waals surface area contributed by atoms with Crippen LogP contribution in [0.25, 0.3) is 0 Å². The van der Waals surface area contributed by atoms with Crippen molar-refractivity contribution in [3.05, 3.63) is 23.8 Å². The molecule has 1 aromatic carbocycles. The van der Waals surface area contributed by atoms with Crippen LogP contribution in [0.3, 0.4) is 0 Å². The van der Waals surface area contributed by atoms with Gasteiger partial charge in [-0.15, -0.1) is 11.6 Å². The van der Waals surface area contributed by atoms with Crippen LogP contribution in [-0.2, 0) is 6.54 Å². The highest BCUT2D eigenvalue weighted by Gasteiger charge is 2.25. The molecule has 0 aliphatic heterocycles. The van der Waals surface area contributed by atoms with E-state index in [4.69, 9.17) is 21.1 Å². The lowest BCUT2D eigenvalue weighted by molar-refractivity contribution is 0.354. The summed E-state index contributed by atoms with van der Waals surface area (Å²) in [6.45, 7) is 1.90. The molecule has 1 aliphatic rings. The van der Waals surface area contributed by atoms with Gasteiger partial charge in [-0.25, -0.2) is 0 Å². The van der Waals surface area contributed by atoms with Gasteiger partial charge in [-0.05, 0) is 48.9 Å². The van der Waals surface area contributed by atoms with Crippen molar-refractivity contribution in [2.24, 2.45) is 11.8 Å². The monoisotopic (exact) mass is 297 g/mol. The van der Waals surface area contributed by atoms with E-state index in [-0.39, 0.29) is 0 Å². The Balaban J connectivity index is 1.85. The highest BCUT2D eigenvalue weighted by atomic mass is 35.5. The minimum atomic E-state index is 0.689. The standard InChI is InChI=1S/C16H24ClNO2/c1-19-15-7-6-12(8-16(15)20-2)10-18-11-14-5-3-4-13(14)9-17/h6-8,13-14,18H,3-5,9-11H2,1-2H3. The van der Waals surface area contributed by atoms with Crippen LogP contribution in [0, 0.1) is 11.8 Å². The Labute approximate surface area is 126 Å². The fraction of sp³-hybridized carbons (Fsp3) is 0.625. The molecular weight excluding hydrogens is 274 g/mol. The summed E-state index contributed by atoms with van der Waals surface area (Å²) in [5.74, 6) is 3.77. The van der Waals surface area contributed by atoms with E-state index < -0.39 is 0 Å². The number of alkyl halides is 1. The first-order valence-corrected chi connectivity index (χ1v) is 7.79. The molecule has 0 radical (unpaired) electrons. The quantitative estimate of drug-likeness (QED) is 0.782. The van der Waals surface area contributed by atoms with Gasteiger partial charge in [-0.2, -0.15) is 0 Å². The average Bonchev–Trinajstić information content (AvgIpc) is 2.94. The Morgan fingerprint density at radius 3 is 2.60 bits per heavy atom. The molecule has 2 atom stereocenters. The topological polar surface area (TPSA) is 30.5 Å². The second kappa shape index (κ2) is 7.75. The maximum absolute atomic E-state index is 6.01. The highest BCUT2D eigenvalue weighted by Crippen LogP contribution is 2.32. The fourth-order valence-electron chi connectivity index (χ4n) is 2.98. The molecule has 2 unspecified atom stereocenters. The number of halogens is 1. The van der Waals surface area contributed by atoms with Crippen LogP contribution in [0.4, 0.5) is 0 Å². The minimum Gasteiger partial charge on any atom is -0.493 e. The van der Waals surface area contributed by atoms with E-state index in [2.05, 4.69) is 11.4 Å². The third-order valence-electron chi connectivity index (χ3n) is 4.20. The van der Waals surface area contributed by atoms with Gasteiger partial charge in [0.1, 0.15) is 0 Å². The summed E-state index contributed by atoms with van der Waals surface area (Å²) in [7, 11) is 3.32. The Morgan fingerprint density at radius 2 is 1.90 bits per heavy atom. The van der Waals surface area contributed by atoms with Gasteiger partial charge in [0.2, 0.25) is 0 Å². The second-order valence-corrected chi connectivity index (χ2v) is 5.73. The molecule has 0 amide bonds. The summed E-state index contributed by atoms with van der Waals surface area (Å²) < 4.78 is 10.6. The van der Waals surface area contributed by atoms with Gasteiger partial charge >= 0.3 is 0 Å². The van der Waals surface area contributed by atoms with Gasteiger partial charge in [0.25, 0.3) is 0 Å². The summed E-state index contributed by atoms with van der Waals surface area (Å²) in [4.78, 5) is 0. The van der Waals surface area contributed by atoms with Crippen LogP contribution in [0.5, 0.6) is 11.5 Å². The van der Waals surface area contributed by atoms with Gasteiger partial charge in [0.05, 0.1) is 14.2 Å². The van der Waals surface area contributed by atoms with E-state index in [9.17, 15) is 0 Å². The molecule has 1 fully saturated rings. The molecule has 0 aromatic heterocycles. The number of ether oxygens (including phenoxy) is 2. The first-order chi connectivity index (χ1) is 9.78. The van der Waals surface area contributed by atoms with Crippen molar-refractivity contribution < 1.29 is 9.47 Å². The van der Waals surface area contributed by atoms with Crippen molar-refractivity contribution in [1.82, 2.24) is 5.32 Å². The lowest BCUT2D eigenvalue weighted by atomic mass is 9.98. The Hall–Kier alpha value is -0.930. The molecule has 0 saturated heterocycles. The zero-order chi connectivity index (χ0) is 14.4. The summed E-state index contributed by atoms with van der Waals surface area (Å²) in [5.41, 5.74) is 1.21. The van der Waals surface area contributed by atoms with Crippen molar-refractivity contribution in [3.63, 3.8) is 0 Å². The SMILES string of the molecule is COc1ccc(CNCC2CCCC2CCl)cc1OC. The Morgan fingerprint density at radius 1 is 1.15 bits per heavy atom. The molecule has 1 N–H and O–H groups in total. The smallest absolute Gasteiger partial charge is 0.161 e. The maximum Gasteiger partial charge on any atom is 0.161 e. The molecule has 4 heteroatoms. The van der Waals surface area contributed by atoms with Gasteiger partial charge in [-0.3, -0.25) is 0 Å². The van der Waals surface area contributed by atoms with Gasteiger partial charge in [-0.1, -0.05) is 12.5 Å². The highest BCUT2D eigenvalue weighted by molar-refractivity contribution is 6.18. The molecule has 3 nitrogen and oxygen atoms in total. The Kier molecular flexibility index (Phi) is 5.99. The zero-order valence-corrected chi connectivity index (χ0v) is 13.1. The van der Waals surface area contributed by atoms with Crippen LogP contribution in [0.15, 0.2) is 18.2 Å². The summed E-state index contributed by atoms with van der Waals surface area (Å²) in [5, 5.41) is 3.54. The molecular formula is C16H24ClNO2. The third kappa shape index (κ3) is 3.80. The normalized spacial score (nSPS) is 21.9. The molecule has 2 rings (SSSR count). The molecule has 20 heavy (non-hydrogen) atoms. The lowest BCUT2D eigenvalue weighted by Crippen LogP contribution is -2.25. The van der Waals surface area contributed by atoms with Crippen LogP contribution in [-0.4, -0.2) is 26.6 Å². The zero-order valence-electron chi connectivity index (χ0n) is 12.3. The van der Waals surface area contributed by atoms with Crippen LogP contribution < -0.4 is 14.8 Å². The fourth-order valence-corrected chi connectivity index (χ4v) is 3.38. The predicted octanol–water partition coefficient (Wildman–Crippen LogP) is 3.45. The molecule has 0 spiro atoms. The molecule has 112 valence electrons. The van der Waals surface area contributed by atoms with Gasteiger partial charge < -0.3 is 14.8 Å². The molecule has 0 heterocycles. The van der Waals surface area contributed by atoms with Crippen LogP contribution >= 0.6 is 11.6 Å². The second-order valence-electron chi connectivity index (χ2n) is 5.43. The summed E-state index contributed by atoms with van der Waals surface area (Å²) in [6, 6.07) is 6.05. The van der Waals surface area contributed by atoms with Gasteiger partial charge in [0, 0.05) is 12.4 Å². The largest absolute Gasteiger partial charge is 0.493 e. The van der Waals surface area contributed by atoms with Crippen molar-refractivity contribution in [3.8, 4) is 11.5 Å². The molecule has 0 bridgehead atoms. The number of nitrogens with one attached hydrogen (secondary N) is 1. The van der Waals surface area contributed by atoms with Crippen molar-refractivity contribution in [2.75, 3.05) is 26.6 Å². The first-order valence-electron chi connectivity index (χ1n) is 7.26. The summed E-state index contributed by atoms with van der Waals surface area (Å²) in [6.07, 6.45) is 3.91. The van der Waals surface area contributed by atoms with E-state index in [1.165, 1.54) is 24.8 Å². The maximum atomic E-state index is 6.01. The van der Waals surface area contributed by atoms with E-state index in [1.54, 1.807) is 14.2 Å². The van der Waals surface area contributed by atoms with E-state index >= 15 is 0 Å². The summed E-state index contributed by atoms with van der Waals surface area (Å²) >= 11 is 6.01. The predicted molar refractivity (Wildman–Crippen MR) is 82.8 cm³/mol. The van der Waals surface area contributed by atoms with Crippen molar-refractivity contribution >= 4 is 11.6 Å². The number of benzene rings is 1. The average molecular weight is 298 g/mol. The van der Waals surface area contributed by atoms with Gasteiger partial charge in [0.15, 0.2) is 11.5 Å². The van der Waals surface area contributed by atoms with E-state index in [0.29, 0.717) is 5.92 Å². The number of methoxy groups -OCH3 is 2. The number of rotatable bonds is 7. The van der Waals surface area contributed by atoms with Crippen LogP contribution in [0.2, 0.25) is 0 Å². The minimum absolute atomic E-state index is 0.689. The van der Waals surface area contributed by atoms with Crippen molar-refractivity contribution in [2.45, 2.75) is 25.8 Å². The molecule has 1 saturated carbocycles. The number of hydrogen-bond acceptors (Lipinski definition) is 3. The van der Waals surface area contributed by atoms with E-state index in [0.717, 1.165) is 36.4 Å². The third-order valence-corrected chi connectivity index (χ3v) is 4.59. The number of hydrogen-bond donors (Lipinski definition) is 1. The van der Waals surface area contributed by atoms with Crippen molar-refractivity contribution in [1.29, 1.82) is 0 Å². The molecule has 1 aromatic rings. The molecule has 1 aliphatic carbocycles. The Bertz CT molecular complexity index is 425.